The standard InChI is InChI=1S/C11H13N3.ClH/c1-12-10-7-14-6-9(8-2-3-8)4-5-11(14)13-10;/h4-8,12H,2-3H2,1H3;1H. The van der Waals surface area contributed by atoms with E-state index in [4.69, 9.17) is 0 Å². The van der Waals surface area contributed by atoms with Crippen LogP contribution in [0.1, 0.15) is 24.3 Å². The second-order valence-electron chi connectivity index (χ2n) is 3.88. The summed E-state index contributed by atoms with van der Waals surface area (Å²) >= 11 is 0. The summed E-state index contributed by atoms with van der Waals surface area (Å²) in [5, 5.41) is 3.05. The highest BCUT2D eigenvalue weighted by molar-refractivity contribution is 5.85. The smallest absolute Gasteiger partial charge is 0.145 e. The van der Waals surface area contributed by atoms with Gasteiger partial charge in [0, 0.05) is 13.2 Å². The van der Waals surface area contributed by atoms with Crippen LogP contribution >= 0.6 is 12.4 Å². The molecule has 4 heteroatoms. The van der Waals surface area contributed by atoms with Gasteiger partial charge in [-0.3, -0.25) is 0 Å². The van der Waals surface area contributed by atoms with Gasteiger partial charge in [0.1, 0.15) is 11.5 Å². The molecule has 2 aromatic rings. The van der Waals surface area contributed by atoms with E-state index in [1.807, 2.05) is 13.2 Å². The van der Waals surface area contributed by atoms with Gasteiger partial charge in [-0.2, -0.15) is 0 Å². The molecule has 15 heavy (non-hydrogen) atoms. The van der Waals surface area contributed by atoms with Crippen molar-refractivity contribution in [3.05, 3.63) is 30.1 Å². The highest BCUT2D eigenvalue weighted by atomic mass is 35.5. The van der Waals surface area contributed by atoms with Crippen LogP contribution in [0.5, 0.6) is 0 Å². The van der Waals surface area contributed by atoms with Crippen LogP contribution in [-0.4, -0.2) is 16.4 Å². The maximum atomic E-state index is 4.40. The van der Waals surface area contributed by atoms with Gasteiger partial charge in [-0.05, 0) is 30.4 Å². The van der Waals surface area contributed by atoms with Gasteiger partial charge in [0.2, 0.25) is 0 Å². The van der Waals surface area contributed by atoms with Crippen LogP contribution in [0.15, 0.2) is 24.5 Å². The van der Waals surface area contributed by atoms with Crippen LogP contribution in [0.4, 0.5) is 5.82 Å². The number of rotatable bonds is 2. The maximum Gasteiger partial charge on any atom is 0.145 e. The minimum Gasteiger partial charge on any atom is -0.372 e. The minimum absolute atomic E-state index is 0. The molecule has 0 amide bonds. The number of pyridine rings is 1. The summed E-state index contributed by atoms with van der Waals surface area (Å²) in [5.74, 6) is 1.73. The van der Waals surface area contributed by atoms with Crippen molar-refractivity contribution in [1.82, 2.24) is 9.38 Å². The van der Waals surface area contributed by atoms with Gasteiger partial charge < -0.3 is 9.72 Å². The van der Waals surface area contributed by atoms with E-state index in [9.17, 15) is 0 Å². The molecule has 1 N–H and O–H groups in total. The van der Waals surface area contributed by atoms with Crippen molar-refractivity contribution in [3.8, 4) is 0 Å². The van der Waals surface area contributed by atoms with Crippen LogP contribution in [0.25, 0.3) is 5.65 Å². The number of nitrogens with zero attached hydrogens (tertiary/aromatic N) is 2. The molecule has 0 spiro atoms. The normalized spacial score (nSPS) is 15.0. The molecule has 1 fully saturated rings. The first-order chi connectivity index (χ1) is 6.86. The van der Waals surface area contributed by atoms with Gasteiger partial charge in [0.15, 0.2) is 0 Å². The van der Waals surface area contributed by atoms with E-state index in [1.165, 1.54) is 18.4 Å². The van der Waals surface area contributed by atoms with Gasteiger partial charge in [-0.1, -0.05) is 6.07 Å². The third-order valence-electron chi connectivity index (χ3n) is 2.78. The van der Waals surface area contributed by atoms with Gasteiger partial charge in [0.05, 0.1) is 6.20 Å². The Balaban J connectivity index is 0.000000853. The van der Waals surface area contributed by atoms with E-state index in [1.54, 1.807) is 0 Å². The largest absolute Gasteiger partial charge is 0.372 e. The van der Waals surface area contributed by atoms with E-state index >= 15 is 0 Å². The second kappa shape index (κ2) is 3.74. The highest BCUT2D eigenvalue weighted by Gasteiger charge is 2.23. The molecule has 1 aliphatic carbocycles. The molecular weight excluding hydrogens is 210 g/mol. The zero-order valence-electron chi connectivity index (χ0n) is 8.60. The van der Waals surface area contributed by atoms with Crippen molar-refractivity contribution >= 4 is 23.9 Å². The minimum atomic E-state index is 0. The zero-order valence-corrected chi connectivity index (χ0v) is 9.42. The Kier molecular flexibility index (Phi) is 2.57. The van der Waals surface area contributed by atoms with Gasteiger partial charge in [0.25, 0.3) is 0 Å². The van der Waals surface area contributed by atoms with Crippen LogP contribution in [0.2, 0.25) is 0 Å². The molecule has 0 aromatic carbocycles. The molecule has 3 rings (SSSR count). The van der Waals surface area contributed by atoms with E-state index in [0.29, 0.717) is 0 Å². The third kappa shape index (κ3) is 1.79. The Morgan fingerprint density at radius 1 is 1.33 bits per heavy atom. The first kappa shape index (κ1) is 10.3. The van der Waals surface area contributed by atoms with Gasteiger partial charge in [-0.25, -0.2) is 4.98 Å². The SMILES string of the molecule is CNc1cn2cc(C3CC3)ccc2n1.Cl. The number of anilines is 1. The molecule has 2 aromatic heterocycles. The third-order valence-corrected chi connectivity index (χ3v) is 2.78. The summed E-state index contributed by atoms with van der Waals surface area (Å²) in [7, 11) is 1.89. The Bertz CT molecular complexity index is 474. The summed E-state index contributed by atoms with van der Waals surface area (Å²) in [4.78, 5) is 4.40. The Morgan fingerprint density at radius 2 is 2.13 bits per heavy atom. The molecule has 1 aliphatic rings. The maximum absolute atomic E-state index is 4.40. The van der Waals surface area contributed by atoms with E-state index in [-0.39, 0.29) is 12.4 Å². The fourth-order valence-corrected chi connectivity index (χ4v) is 1.79. The molecule has 0 unspecified atom stereocenters. The van der Waals surface area contributed by atoms with Crippen molar-refractivity contribution in [2.75, 3.05) is 12.4 Å². The number of hydrogen-bond donors (Lipinski definition) is 1. The number of aromatic nitrogens is 2. The van der Waals surface area contributed by atoms with Crippen molar-refractivity contribution in [3.63, 3.8) is 0 Å². The van der Waals surface area contributed by atoms with Crippen molar-refractivity contribution in [2.45, 2.75) is 18.8 Å². The highest BCUT2D eigenvalue weighted by Crippen LogP contribution is 2.39. The Hall–Kier alpha value is -1.22. The number of nitrogens with one attached hydrogen (secondary N) is 1. The van der Waals surface area contributed by atoms with E-state index in [0.717, 1.165) is 17.4 Å². The monoisotopic (exact) mass is 223 g/mol. The summed E-state index contributed by atoms with van der Waals surface area (Å²) in [5.41, 5.74) is 2.45. The van der Waals surface area contributed by atoms with Crippen LogP contribution in [-0.2, 0) is 0 Å². The summed E-state index contributed by atoms with van der Waals surface area (Å²) in [6.45, 7) is 0. The molecule has 0 aliphatic heterocycles. The predicted octanol–water partition coefficient (Wildman–Crippen LogP) is 2.68. The average Bonchev–Trinajstić information content (AvgIpc) is 2.97. The van der Waals surface area contributed by atoms with Crippen LogP contribution in [0.3, 0.4) is 0 Å². The number of halogens is 1. The number of fused-ring (bicyclic) bond motifs is 1. The quantitative estimate of drug-likeness (QED) is 0.848. The molecular formula is C11H14ClN3. The Morgan fingerprint density at radius 3 is 2.80 bits per heavy atom. The number of hydrogen-bond acceptors (Lipinski definition) is 2. The molecule has 0 atom stereocenters. The molecule has 0 radical (unpaired) electrons. The summed E-state index contributed by atoms with van der Waals surface area (Å²) < 4.78 is 2.10. The van der Waals surface area contributed by atoms with Gasteiger partial charge >= 0.3 is 0 Å². The molecule has 0 saturated heterocycles. The second-order valence-corrected chi connectivity index (χ2v) is 3.88. The topological polar surface area (TPSA) is 29.3 Å². The predicted molar refractivity (Wildman–Crippen MR) is 64.0 cm³/mol. The molecule has 3 nitrogen and oxygen atoms in total. The van der Waals surface area contributed by atoms with Crippen molar-refractivity contribution < 1.29 is 0 Å². The fourth-order valence-electron chi connectivity index (χ4n) is 1.79. The van der Waals surface area contributed by atoms with Crippen molar-refractivity contribution in [2.24, 2.45) is 0 Å². The lowest BCUT2D eigenvalue weighted by molar-refractivity contribution is 1.06. The zero-order chi connectivity index (χ0) is 9.54. The molecule has 0 bridgehead atoms. The van der Waals surface area contributed by atoms with Crippen LogP contribution < -0.4 is 5.32 Å². The molecule has 2 heterocycles. The first-order valence-electron chi connectivity index (χ1n) is 5.03. The van der Waals surface area contributed by atoms with Crippen LogP contribution in [0, 0.1) is 0 Å². The first-order valence-corrected chi connectivity index (χ1v) is 5.03. The Labute approximate surface area is 94.9 Å². The lowest BCUT2D eigenvalue weighted by atomic mass is 10.2. The average molecular weight is 224 g/mol. The summed E-state index contributed by atoms with van der Waals surface area (Å²) in [6.07, 6.45) is 6.92. The number of imidazole rings is 1. The lowest BCUT2D eigenvalue weighted by Crippen LogP contribution is -1.86. The molecule has 80 valence electrons. The lowest BCUT2D eigenvalue weighted by Gasteiger charge is -1.98. The fraction of sp³-hybridized carbons (Fsp3) is 0.364. The molecule has 1 saturated carbocycles. The summed E-state index contributed by atoms with van der Waals surface area (Å²) in [6, 6.07) is 4.29. The van der Waals surface area contributed by atoms with Crippen molar-refractivity contribution in [1.29, 1.82) is 0 Å². The van der Waals surface area contributed by atoms with Gasteiger partial charge in [-0.15, -0.1) is 12.4 Å². The van der Waals surface area contributed by atoms with E-state index in [2.05, 4.69) is 33.0 Å². The van der Waals surface area contributed by atoms with E-state index < -0.39 is 0 Å².